The van der Waals surface area contributed by atoms with Crippen LogP contribution in [-0.2, 0) is 24.7 Å². The van der Waals surface area contributed by atoms with Crippen LogP contribution in [0.5, 0.6) is 0 Å². The molecule has 0 atom stereocenters. The maximum Gasteiger partial charge on any atom is 0.220 e. The Kier molecular flexibility index (Phi) is 5.61. The third-order valence-electron chi connectivity index (χ3n) is 3.89. The lowest BCUT2D eigenvalue weighted by molar-refractivity contribution is -0.121. The van der Waals surface area contributed by atoms with Crippen LogP contribution in [0.15, 0.2) is 24.3 Å². The van der Waals surface area contributed by atoms with Crippen LogP contribution in [-0.4, -0.2) is 22.2 Å². The zero-order chi connectivity index (χ0) is 16.1. The maximum atomic E-state index is 11.9. The molecule has 2 rings (SSSR count). The van der Waals surface area contributed by atoms with Crippen molar-refractivity contribution in [2.45, 2.75) is 33.1 Å². The molecule has 0 spiro atoms. The van der Waals surface area contributed by atoms with Gasteiger partial charge >= 0.3 is 0 Å². The first-order valence-electron chi connectivity index (χ1n) is 7.47. The molecule has 0 bridgehead atoms. The minimum absolute atomic E-state index is 0.0738. The van der Waals surface area contributed by atoms with E-state index in [1.54, 1.807) is 0 Å². The summed E-state index contributed by atoms with van der Waals surface area (Å²) in [7, 11) is 1.93. The number of carbonyl (C=O) groups excluding carboxylic acids is 1. The van der Waals surface area contributed by atoms with E-state index in [2.05, 4.69) is 10.4 Å². The molecule has 1 heterocycles. The standard InChI is InChI=1S/C17H22ClN3O/c1-12-16(13(2)21(3)20-12)7-8-17(22)19-10-9-14-5-4-6-15(18)11-14/h4-6,11H,7-10H2,1-3H3,(H,19,22). The first-order chi connectivity index (χ1) is 10.5. The number of carbonyl (C=O) groups is 1. The number of hydrogen-bond acceptors (Lipinski definition) is 2. The van der Waals surface area contributed by atoms with Crippen LogP contribution in [0, 0.1) is 13.8 Å². The fraction of sp³-hybridized carbons (Fsp3) is 0.412. The smallest absolute Gasteiger partial charge is 0.220 e. The van der Waals surface area contributed by atoms with Crippen LogP contribution in [0.2, 0.25) is 5.02 Å². The second-order valence-electron chi connectivity index (χ2n) is 5.50. The third-order valence-corrected chi connectivity index (χ3v) is 4.12. The van der Waals surface area contributed by atoms with E-state index in [1.165, 1.54) is 5.56 Å². The van der Waals surface area contributed by atoms with Crippen molar-refractivity contribution < 1.29 is 4.79 Å². The first kappa shape index (κ1) is 16.6. The average Bonchev–Trinajstić information content (AvgIpc) is 2.70. The minimum Gasteiger partial charge on any atom is -0.356 e. The molecule has 1 N–H and O–H groups in total. The largest absolute Gasteiger partial charge is 0.356 e. The van der Waals surface area contributed by atoms with Gasteiger partial charge in [-0.15, -0.1) is 0 Å². The number of aromatic nitrogens is 2. The topological polar surface area (TPSA) is 46.9 Å². The molecule has 0 radical (unpaired) electrons. The van der Waals surface area contributed by atoms with Crippen LogP contribution >= 0.6 is 11.6 Å². The Bertz CT molecular complexity index is 664. The van der Waals surface area contributed by atoms with Gasteiger partial charge in [-0.25, -0.2) is 0 Å². The fourth-order valence-corrected chi connectivity index (χ4v) is 2.76. The molecular weight excluding hydrogens is 298 g/mol. The number of halogens is 1. The fourth-order valence-electron chi connectivity index (χ4n) is 2.54. The summed E-state index contributed by atoms with van der Waals surface area (Å²) in [5.74, 6) is 0.0738. The highest BCUT2D eigenvalue weighted by Crippen LogP contribution is 2.14. The van der Waals surface area contributed by atoms with Gasteiger partial charge in [-0.1, -0.05) is 23.7 Å². The minimum atomic E-state index is 0.0738. The van der Waals surface area contributed by atoms with Gasteiger partial charge in [0.05, 0.1) is 5.69 Å². The summed E-state index contributed by atoms with van der Waals surface area (Å²) >= 11 is 5.94. The second-order valence-corrected chi connectivity index (χ2v) is 5.94. The monoisotopic (exact) mass is 319 g/mol. The molecule has 0 saturated carbocycles. The van der Waals surface area contributed by atoms with Crippen molar-refractivity contribution in [3.8, 4) is 0 Å². The second kappa shape index (κ2) is 7.45. The molecule has 0 fully saturated rings. The molecule has 0 aliphatic heterocycles. The summed E-state index contributed by atoms with van der Waals surface area (Å²) < 4.78 is 1.86. The number of nitrogens with one attached hydrogen (secondary N) is 1. The van der Waals surface area contributed by atoms with Crippen LogP contribution in [0.3, 0.4) is 0 Å². The van der Waals surface area contributed by atoms with Gasteiger partial charge in [-0.3, -0.25) is 9.48 Å². The third kappa shape index (κ3) is 4.34. The Morgan fingerprint density at radius 2 is 2.09 bits per heavy atom. The highest BCUT2D eigenvalue weighted by Gasteiger charge is 2.11. The molecule has 0 aliphatic rings. The normalized spacial score (nSPS) is 10.7. The van der Waals surface area contributed by atoms with Gasteiger partial charge < -0.3 is 5.32 Å². The summed E-state index contributed by atoms with van der Waals surface area (Å²) in [5.41, 5.74) is 4.44. The van der Waals surface area contributed by atoms with Crippen LogP contribution in [0.1, 0.15) is 28.9 Å². The highest BCUT2D eigenvalue weighted by molar-refractivity contribution is 6.30. The summed E-state index contributed by atoms with van der Waals surface area (Å²) in [6.45, 7) is 4.65. The number of amides is 1. The maximum absolute atomic E-state index is 11.9. The molecule has 0 aliphatic carbocycles. The van der Waals surface area contributed by atoms with Crippen LogP contribution in [0.4, 0.5) is 0 Å². The van der Waals surface area contributed by atoms with Crippen molar-refractivity contribution in [1.29, 1.82) is 0 Å². The van der Waals surface area contributed by atoms with Crippen molar-refractivity contribution in [3.63, 3.8) is 0 Å². The quantitative estimate of drug-likeness (QED) is 0.889. The van der Waals surface area contributed by atoms with Crippen molar-refractivity contribution in [2.24, 2.45) is 7.05 Å². The lowest BCUT2D eigenvalue weighted by Gasteiger charge is -2.06. The van der Waals surface area contributed by atoms with E-state index in [4.69, 9.17) is 11.6 Å². The molecule has 2 aromatic rings. The van der Waals surface area contributed by atoms with Gasteiger partial charge in [0.15, 0.2) is 0 Å². The zero-order valence-corrected chi connectivity index (χ0v) is 14.1. The number of benzene rings is 1. The van der Waals surface area contributed by atoms with Gasteiger partial charge in [0.1, 0.15) is 0 Å². The Morgan fingerprint density at radius 1 is 1.32 bits per heavy atom. The highest BCUT2D eigenvalue weighted by atomic mass is 35.5. The number of nitrogens with zero attached hydrogens (tertiary/aromatic N) is 2. The Labute approximate surface area is 136 Å². The summed E-state index contributed by atoms with van der Waals surface area (Å²) in [5, 5.41) is 8.06. The predicted molar refractivity (Wildman–Crippen MR) is 89.2 cm³/mol. The molecule has 0 saturated heterocycles. The summed E-state index contributed by atoms with van der Waals surface area (Å²) in [4.78, 5) is 11.9. The molecule has 5 heteroatoms. The van der Waals surface area contributed by atoms with Gasteiger partial charge in [0, 0.05) is 30.7 Å². The Hall–Kier alpha value is -1.81. The molecule has 4 nitrogen and oxygen atoms in total. The molecule has 1 aromatic heterocycles. The van der Waals surface area contributed by atoms with E-state index < -0.39 is 0 Å². The van der Waals surface area contributed by atoms with Gasteiger partial charge in [-0.2, -0.15) is 5.10 Å². The molecule has 118 valence electrons. The van der Waals surface area contributed by atoms with E-state index in [0.717, 1.165) is 34.8 Å². The molecule has 1 amide bonds. The lowest BCUT2D eigenvalue weighted by Crippen LogP contribution is -2.26. The molecule has 1 aromatic carbocycles. The average molecular weight is 320 g/mol. The zero-order valence-electron chi connectivity index (χ0n) is 13.3. The van der Waals surface area contributed by atoms with Crippen molar-refractivity contribution in [2.75, 3.05) is 6.54 Å². The number of rotatable bonds is 6. The van der Waals surface area contributed by atoms with Crippen LogP contribution in [0.25, 0.3) is 0 Å². The molecule has 22 heavy (non-hydrogen) atoms. The van der Waals surface area contributed by atoms with E-state index in [1.807, 2.05) is 49.8 Å². The Balaban J connectivity index is 1.76. The Morgan fingerprint density at radius 3 is 2.73 bits per heavy atom. The van der Waals surface area contributed by atoms with E-state index in [0.29, 0.717) is 13.0 Å². The van der Waals surface area contributed by atoms with E-state index >= 15 is 0 Å². The summed E-state index contributed by atoms with van der Waals surface area (Å²) in [6, 6.07) is 7.71. The van der Waals surface area contributed by atoms with Gasteiger partial charge in [0.25, 0.3) is 0 Å². The van der Waals surface area contributed by atoms with Crippen molar-refractivity contribution in [1.82, 2.24) is 15.1 Å². The number of aryl methyl sites for hydroxylation is 2. The number of hydrogen-bond donors (Lipinski definition) is 1. The van der Waals surface area contributed by atoms with Gasteiger partial charge in [0.2, 0.25) is 5.91 Å². The van der Waals surface area contributed by atoms with E-state index in [-0.39, 0.29) is 5.91 Å². The predicted octanol–water partition coefficient (Wildman–Crippen LogP) is 2.98. The van der Waals surface area contributed by atoms with Gasteiger partial charge in [-0.05, 0) is 49.9 Å². The van der Waals surface area contributed by atoms with E-state index in [9.17, 15) is 4.79 Å². The summed E-state index contributed by atoms with van der Waals surface area (Å²) in [6.07, 6.45) is 2.01. The van der Waals surface area contributed by atoms with Crippen molar-refractivity contribution >= 4 is 17.5 Å². The SMILES string of the molecule is Cc1nn(C)c(C)c1CCC(=O)NCCc1cccc(Cl)c1. The van der Waals surface area contributed by atoms with Crippen LogP contribution < -0.4 is 5.32 Å². The van der Waals surface area contributed by atoms with Crippen molar-refractivity contribution in [3.05, 3.63) is 51.8 Å². The molecule has 0 unspecified atom stereocenters. The molecular formula is C17H22ClN3O. The lowest BCUT2D eigenvalue weighted by atomic mass is 10.1. The first-order valence-corrected chi connectivity index (χ1v) is 7.85.